The van der Waals surface area contributed by atoms with Crippen molar-refractivity contribution in [2.45, 2.75) is 23.9 Å². The second-order valence-electron chi connectivity index (χ2n) is 4.83. The van der Waals surface area contributed by atoms with E-state index in [9.17, 15) is 21.6 Å². The van der Waals surface area contributed by atoms with Crippen molar-refractivity contribution in [1.29, 1.82) is 5.26 Å². The van der Waals surface area contributed by atoms with Gasteiger partial charge >= 0.3 is 6.18 Å². The highest BCUT2D eigenvalue weighted by molar-refractivity contribution is 7.89. The molecule has 1 aliphatic heterocycles. The van der Waals surface area contributed by atoms with Crippen LogP contribution in [0.25, 0.3) is 0 Å². The van der Waals surface area contributed by atoms with Crippen LogP contribution in [0.1, 0.15) is 18.4 Å². The van der Waals surface area contributed by atoms with Gasteiger partial charge in [-0.2, -0.15) is 22.7 Å². The van der Waals surface area contributed by atoms with Gasteiger partial charge in [-0.15, -0.1) is 0 Å². The number of nitrogens with zero attached hydrogens (tertiary/aromatic N) is 2. The maximum Gasteiger partial charge on any atom is 0.417 e. The Labute approximate surface area is 120 Å². The van der Waals surface area contributed by atoms with Gasteiger partial charge in [-0.05, 0) is 25.0 Å². The second kappa shape index (κ2) is 5.66. The highest BCUT2D eigenvalue weighted by Gasteiger charge is 2.39. The van der Waals surface area contributed by atoms with Crippen LogP contribution >= 0.6 is 0 Å². The third-order valence-corrected chi connectivity index (χ3v) is 5.30. The summed E-state index contributed by atoms with van der Waals surface area (Å²) in [6.45, 7) is 0.0672. The predicted molar refractivity (Wildman–Crippen MR) is 68.5 cm³/mol. The van der Waals surface area contributed by atoms with E-state index < -0.39 is 32.6 Å². The zero-order valence-corrected chi connectivity index (χ0v) is 11.8. The van der Waals surface area contributed by atoms with E-state index in [0.717, 1.165) is 22.5 Å². The van der Waals surface area contributed by atoms with E-state index in [1.165, 1.54) is 6.07 Å². The molecule has 8 heteroatoms. The normalized spacial score (nSPS) is 21.0. The number of halogens is 3. The smallest absolute Gasteiger partial charge is 0.207 e. The van der Waals surface area contributed by atoms with Crippen molar-refractivity contribution in [3.63, 3.8) is 0 Å². The zero-order chi connectivity index (χ0) is 15.7. The minimum atomic E-state index is -4.74. The summed E-state index contributed by atoms with van der Waals surface area (Å²) in [5, 5.41) is 8.88. The molecule has 0 radical (unpaired) electrons. The van der Waals surface area contributed by atoms with E-state index in [-0.39, 0.29) is 13.1 Å². The van der Waals surface area contributed by atoms with Crippen LogP contribution in [0.3, 0.4) is 0 Å². The molecule has 0 N–H and O–H groups in total. The standard InChI is InChI=1S/C13H13F3N2O2S/c14-13(15,16)11-5-1-2-6-12(11)21(19,20)18-7-3-4-10(8-17)9-18/h1-2,5-6,10H,3-4,7,9H2. The van der Waals surface area contributed by atoms with Gasteiger partial charge in [0.2, 0.25) is 10.0 Å². The van der Waals surface area contributed by atoms with Gasteiger partial charge in [0.25, 0.3) is 0 Å². The number of hydrogen-bond donors (Lipinski definition) is 0. The Morgan fingerprint density at radius 3 is 2.57 bits per heavy atom. The number of hydrogen-bond acceptors (Lipinski definition) is 3. The van der Waals surface area contributed by atoms with Crippen LogP contribution in [0.4, 0.5) is 13.2 Å². The molecule has 114 valence electrons. The molecule has 2 rings (SSSR count). The molecule has 1 aromatic rings. The van der Waals surface area contributed by atoms with E-state index in [4.69, 9.17) is 5.26 Å². The highest BCUT2D eigenvalue weighted by atomic mass is 32.2. The van der Waals surface area contributed by atoms with E-state index >= 15 is 0 Å². The van der Waals surface area contributed by atoms with Crippen LogP contribution in [0.15, 0.2) is 29.2 Å². The van der Waals surface area contributed by atoms with Crippen molar-refractivity contribution in [2.75, 3.05) is 13.1 Å². The van der Waals surface area contributed by atoms with Gasteiger partial charge in [-0.25, -0.2) is 8.42 Å². The van der Waals surface area contributed by atoms with Crippen molar-refractivity contribution in [3.05, 3.63) is 29.8 Å². The molecule has 1 unspecified atom stereocenters. The van der Waals surface area contributed by atoms with Gasteiger partial charge in [0, 0.05) is 13.1 Å². The number of benzene rings is 1. The molecule has 0 amide bonds. The average molecular weight is 318 g/mol. The van der Waals surface area contributed by atoms with Crippen LogP contribution in [0.5, 0.6) is 0 Å². The second-order valence-corrected chi connectivity index (χ2v) is 6.73. The number of nitriles is 1. The van der Waals surface area contributed by atoms with Gasteiger partial charge in [-0.3, -0.25) is 0 Å². The van der Waals surface area contributed by atoms with Crippen LogP contribution < -0.4 is 0 Å². The summed E-state index contributed by atoms with van der Waals surface area (Å²) < 4.78 is 64.7. The molecule has 1 aromatic carbocycles. The predicted octanol–water partition coefficient (Wildman–Crippen LogP) is 2.63. The fraction of sp³-hybridized carbons (Fsp3) is 0.462. The van der Waals surface area contributed by atoms with Crippen LogP contribution in [0.2, 0.25) is 0 Å². The van der Waals surface area contributed by atoms with Gasteiger partial charge in [-0.1, -0.05) is 12.1 Å². The summed E-state index contributed by atoms with van der Waals surface area (Å²) in [4.78, 5) is -0.754. The summed E-state index contributed by atoms with van der Waals surface area (Å²) in [6, 6.07) is 6.08. The maximum atomic E-state index is 13.0. The minimum Gasteiger partial charge on any atom is -0.207 e. The van der Waals surface area contributed by atoms with Gasteiger partial charge in [0.15, 0.2) is 0 Å². The Hall–Kier alpha value is -1.59. The molecule has 4 nitrogen and oxygen atoms in total. The van der Waals surface area contributed by atoms with Crippen molar-refractivity contribution < 1.29 is 21.6 Å². The molecular weight excluding hydrogens is 305 g/mol. The summed E-state index contributed by atoms with van der Waals surface area (Å²) in [6.07, 6.45) is -3.72. The quantitative estimate of drug-likeness (QED) is 0.842. The molecular formula is C13H13F3N2O2S. The molecule has 0 saturated carbocycles. The SMILES string of the molecule is N#CC1CCCN(S(=O)(=O)c2ccccc2C(F)(F)F)C1. The molecule has 1 aliphatic rings. The fourth-order valence-electron chi connectivity index (χ4n) is 2.33. The first-order chi connectivity index (χ1) is 9.76. The first-order valence-corrected chi connectivity index (χ1v) is 7.77. The average Bonchev–Trinajstić information content (AvgIpc) is 2.46. The lowest BCUT2D eigenvalue weighted by Gasteiger charge is -2.29. The molecule has 0 bridgehead atoms. The molecule has 21 heavy (non-hydrogen) atoms. The Bertz CT molecular complexity index is 665. The minimum absolute atomic E-state index is 0.0645. The van der Waals surface area contributed by atoms with Gasteiger partial charge in [0.05, 0.1) is 22.4 Å². The summed E-state index contributed by atoms with van der Waals surface area (Å²) in [5.41, 5.74) is -1.18. The Kier molecular flexibility index (Phi) is 4.25. The lowest BCUT2D eigenvalue weighted by Crippen LogP contribution is -2.40. The Morgan fingerprint density at radius 2 is 1.95 bits per heavy atom. The summed E-state index contributed by atoms with van der Waals surface area (Å²) in [5.74, 6) is -0.480. The first kappa shape index (κ1) is 15.8. The van der Waals surface area contributed by atoms with Crippen molar-refractivity contribution in [2.24, 2.45) is 5.92 Å². The number of rotatable bonds is 2. The van der Waals surface area contributed by atoms with E-state index in [2.05, 4.69) is 0 Å². The molecule has 0 aromatic heterocycles. The maximum absolute atomic E-state index is 13.0. The van der Waals surface area contributed by atoms with E-state index in [1.54, 1.807) is 0 Å². The Morgan fingerprint density at radius 1 is 1.29 bits per heavy atom. The third kappa shape index (κ3) is 3.19. The van der Waals surface area contributed by atoms with Gasteiger partial charge < -0.3 is 0 Å². The molecule has 0 spiro atoms. The summed E-state index contributed by atoms with van der Waals surface area (Å²) in [7, 11) is -4.26. The third-order valence-electron chi connectivity index (χ3n) is 3.38. The lowest BCUT2D eigenvalue weighted by molar-refractivity contribution is -0.139. The first-order valence-electron chi connectivity index (χ1n) is 6.33. The molecule has 1 atom stereocenters. The van der Waals surface area contributed by atoms with Gasteiger partial charge in [0.1, 0.15) is 0 Å². The molecule has 1 heterocycles. The molecule has 0 aliphatic carbocycles. The number of alkyl halides is 3. The largest absolute Gasteiger partial charge is 0.417 e. The van der Waals surface area contributed by atoms with Crippen molar-refractivity contribution >= 4 is 10.0 Å². The van der Waals surface area contributed by atoms with Crippen LogP contribution in [0, 0.1) is 17.2 Å². The number of piperidine rings is 1. The monoisotopic (exact) mass is 318 g/mol. The van der Waals surface area contributed by atoms with Crippen LogP contribution in [-0.4, -0.2) is 25.8 Å². The Balaban J connectivity index is 2.44. The summed E-state index contributed by atoms with van der Waals surface area (Å²) >= 11 is 0. The highest BCUT2D eigenvalue weighted by Crippen LogP contribution is 2.35. The fourth-order valence-corrected chi connectivity index (χ4v) is 4.07. The van der Waals surface area contributed by atoms with E-state index in [0.29, 0.717) is 12.8 Å². The van der Waals surface area contributed by atoms with E-state index in [1.807, 2.05) is 6.07 Å². The number of sulfonamides is 1. The topological polar surface area (TPSA) is 61.2 Å². The molecule has 1 saturated heterocycles. The van der Waals surface area contributed by atoms with Crippen molar-refractivity contribution in [3.8, 4) is 6.07 Å². The van der Waals surface area contributed by atoms with Crippen LogP contribution in [-0.2, 0) is 16.2 Å². The lowest BCUT2D eigenvalue weighted by atomic mass is 10.0. The zero-order valence-electron chi connectivity index (χ0n) is 11.0. The molecule has 1 fully saturated rings. The van der Waals surface area contributed by atoms with Crippen molar-refractivity contribution in [1.82, 2.24) is 4.31 Å².